The summed E-state index contributed by atoms with van der Waals surface area (Å²) in [5.74, 6) is 0. The monoisotopic (exact) mass is 193 g/mol. The normalized spacial score (nSPS) is 15.5. The molecule has 1 fully saturated rings. The van der Waals surface area contributed by atoms with Crippen molar-refractivity contribution >= 4 is 11.4 Å². The van der Waals surface area contributed by atoms with Crippen LogP contribution in [0.1, 0.15) is 12.8 Å². The van der Waals surface area contributed by atoms with Crippen LogP contribution in [0.4, 0.5) is 11.4 Å². The van der Waals surface area contributed by atoms with Gasteiger partial charge in [-0.2, -0.15) is 0 Å². The van der Waals surface area contributed by atoms with Crippen LogP contribution >= 0.6 is 0 Å². The molecule has 0 amide bonds. The highest BCUT2D eigenvalue weighted by Crippen LogP contribution is 2.31. The molecule has 1 saturated carbocycles. The topological polar surface area (TPSA) is 62.4 Å². The van der Waals surface area contributed by atoms with Crippen molar-refractivity contribution < 1.29 is 5.11 Å². The van der Waals surface area contributed by atoms with Gasteiger partial charge in [-0.05, 0) is 18.9 Å². The Hall–Kier alpha value is -1.29. The molecule has 1 aliphatic carbocycles. The molecular formula is C10H15N3O. The highest BCUT2D eigenvalue weighted by Gasteiger charge is 2.28. The van der Waals surface area contributed by atoms with E-state index in [1.54, 1.807) is 12.4 Å². The van der Waals surface area contributed by atoms with Crippen LogP contribution in [0.25, 0.3) is 0 Å². The number of anilines is 2. The zero-order valence-electron chi connectivity index (χ0n) is 8.06. The molecule has 4 nitrogen and oxygen atoms in total. The average Bonchev–Trinajstić information content (AvgIpc) is 2.97. The third kappa shape index (κ3) is 1.96. The maximum absolute atomic E-state index is 8.95. The van der Waals surface area contributed by atoms with Crippen LogP contribution < -0.4 is 10.6 Å². The van der Waals surface area contributed by atoms with Crippen LogP contribution in [0, 0.1) is 0 Å². The first-order valence-electron chi connectivity index (χ1n) is 4.89. The Kier molecular flexibility index (Phi) is 2.54. The van der Waals surface area contributed by atoms with Crippen LogP contribution in [0.2, 0.25) is 0 Å². The summed E-state index contributed by atoms with van der Waals surface area (Å²) in [5, 5.41) is 8.95. The maximum atomic E-state index is 8.95. The van der Waals surface area contributed by atoms with Gasteiger partial charge in [0, 0.05) is 18.8 Å². The Morgan fingerprint density at radius 1 is 1.50 bits per heavy atom. The highest BCUT2D eigenvalue weighted by atomic mass is 16.3. The Balaban J connectivity index is 2.16. The number of aromatic nitrogens is 1. The van der Waals surface area contributed by atoms with Crippen molar-refractivity contribution in [2.75, 3.05) is 23.8 Å². The SMILES string of the molecule is Nc1cncc(N(CCO)C2CC2)c1. The van der Waals surface area contributed by atoms with Crippen molar-refractivity contribution in [2.24, 2.45) is 0 Å². The second kappa shape index (κ2) is 3.84. The van der Waals surface area contributed by atoms with Gasteiger partial charge in [0.1, 0.15) is 0 Å². The zero-order valence-corrected chi connectivity index (χ0v) is 8.06. The summed E-state index contributed by atoms with van der Waals surface area (Å²) in [6, 6.07) is 2.48. The van der Waals surface area contributed by atoms with Gasteiger partial charge >= 0.3 is 0 Å². The number of aliphatic hydroxyl groups is 1. The predicted octanol–water partition coefficient (Wildman–Crippen LogP) is 0.625. The summed E-state index contributed by atoms with van der Waals surface area (Å²) in [5.41, 5.74) is 7.35. The molecule has 0 atom stereocenters. The van der Waals surface area contributed by atoms with Crippen molar-refractivity contribution in [3.05, 3.63) is 18.5 Å². The second-order valence-electron chi connectivity index (χ2n) is 3.62. The molecule has 0 unspecified atom stereocenters. The minimum Gasteiger partial charge on any atom is -0.397 e. The fourth-order valence-corrected chi connectivity index (χ4v) is 1.62. The number of rotatable bonds is 4. The van der Waals surface area contributed by atoms with Crippen molar-refractivity contribution in [3.8, 4) is 0 Å². The minimum atomic E-state index is 0.172. The first-order valence-corrected chi connectivity index (χ1v) is 4.89. The van der Waals surface area contributed by atoms with Gasteiger partial charge in [-0.15, -0.1) is 0 Å². The first-order chi connectivity index (χ1) is 6.81. The molecule has 4 heteroatoms. The average molecular weight is 193 g/mol. The summed E-state index contributed by atoms with van der Waals surface area (Å²) in [7, 11) is 0. The molecule has 0 aliphatic heterocycles. The molecule has 1 aliphatic rings. The lowest BCUT2D eigenvalue weighted by atomic mass is 10.3. The third-order valence-corrected chi connectivity index (χ3v) is 2.41. The molecule has 1 aromatic rings. The van der Waals surface area contributed by atoms with Crippen molar-refractivity contribution in [2.45, 2.75) is 18.9 Å². The first kappa shape index (κ1) is 9.27. The van der Waals surface area contributed by atoms with E-state index in [9.17, 15) is 0 Å². The number of aliphatic hydroxyl groups excluding tert-OH is 1. The molecule has 76 valence electrons. The molecule has 0 saturated heterocycles. The molecule has 1 heterocycles. The van der Waals surface area contributed by atoms with Gasteiger partial charge in [0.05, 0.1) is 24.2 Å². The summed E-state index contributed by atoms with van der Waals surface area (Å²) >= 11 is 0. The van der Waals surface area contributed by atoms with Gasteiger partial charge in [0.25, 0.3) is 0 Å². The number of nitrogens with two attached hydrogens (primary N) is 1. The minimum absolute atomic E-state index is 0.172. The Morgan fingerprint density at radius 2 is 2.29 bits per heavy atom. The third-order valence-electron chi connectivity index (χ3n) is 2.41. The molecule has 0 radical (unpaired) electrons. The lowest BCUT2D eigenvalue weighted by Crippen LogP contribution is -2.28. The van der Waals surface area contributed by atoms with E-state index >= 15 is 0 Å². The lowest BCUT2D eigenvalue weighted by Gasteiger charge is -2.23. The number of pyridine rings is 1. The van der Waals surface area contributed by atoms with Crippen molar-refractivity contribution in [1.82, 2.24) is 4.98 Å². The second-order valence-corrected chi connectivity index (χ2v) is 3.62. The van der Waals surface area contributed by atoms with E-state index < -0.39 is 0 Å². The zero-order chi connectivity index (χ0) is 9.97. The largest absolute Gasteiger partial charge is 0.397 e. The lowest BCUT2D eigenvalue weighted by molar-refractivity contribution is 0.301. The molecule has 0 spiro atoms. The van der Waals surface area contributed by atoms with Gasteiger partial charge in [0.2, 0.25) is 0 Å². The van der Waals surface area contributed by atoms with Crippen LogP contribution in [-0.2, 0) is 0 Å². The van der Waals surface area contributed by atoms with E-state index in [4.69, 9.17) is 10.8 Å². The number of hydrogen-bond donors (Lipinski definition) is 2. The van der Waals surface area contributed by atoms with E-state index in [0.717, 1.165) is 5.69 Å². The van der Waals surface area contributed by atoms with Crippen LogP contribution in [0.3, 0.4) is 0 Å². The molecule has 0 bridgehead atoms. The maximum Gasteiger partial charge on any atom is 0.0606 e. The van der Waals surface area contributed by atoms with Crippen LogP contribution in [0.5, 0.6) is 0 Å². The van der Waals surface area contributed by atoms with E-state index in [-0.39, 0.29) is 6.61 Å². The number of nitrogens with zero attached hydrogens (tertiary/aromatic N) is 2. The van der Waals surface area contributed by atoms with Gasteiger partial charge in [-0.25, -0.2) is 0 Å². The van der Waals surface area contributed by atoms with Gasteiger partial charge in [-0.3, -0.25) is 4.98 Å². The molecule has 2 rings (SSSR count). The Labute approximate surface area is 83.4 Å². The summed E-state index contributed by atoms with van der Waals surface area (Å²) in [4.78, 5) is 6.22. The van der Waals surface area contributed by atoms with E-state index in [1.165, 1.54) is 12.8 Å². The number of nitrogen functional groups attached to an aromatic ring is 1. The van der Waals surface area contributed by atoms with Gasteiger partial charge < -0.3 is 15.7 Å². The van der Waals surface area contributed by atoms with Crippen LogP contribution in [-0.4, -0.2) is 29.3 Å². The van der Waals surface area contributed by atoms with Gasteiger partial charge in [0.15, 0.2) is 0 Å². The highest BCUT2D eigenvalue weighted by molar-refractivity contribution is 5.54. The number of hydrogen-bond acceptors (Lipinski definition) is 4. The summed E-state index contributed by atoms with van der Waals surface area (Å²) < 4.78 is 0. The summed E-state index contributed by atoms with van der Waals surface area (Å²) in [6.07, 6.45) is 5.83. The predicted molar refractivity (Wildman–Crippen MR) is 56.1 cm³/mol. The molecular weight excluding hydrogens is 178 g/mol. The molecule has 0 aromatic carbocycles. The van der Waals surface area contributed by atoms with Gasteiger partial charge in [-0.1, -0.05) is 0 Å². The van der Waals surface area contributed by atoms with Crippen molar-refractivity contribution in [3.63, 3.8) is 0 Å². The standard InChI is InChI=1S/C10H15N3O/c11-8-5-10(7-12-6-8)13(3-4-14)9-1-2-9/h5-7,9,14H,1-4,11H2. The Bertz CT molecular complexity index is 312. The summed E-state index contributed by atoms with van der Waals surface area (Å²) in [6.45, 7) is 0.834. The van der Waals surface area contributed by atoms with E-state index in [0.29, 0.717) is 18.3 Å². The molecule has 14 heavy (non-hydrogen) atoms. The molecule has 1 aromatic heterocycles. The fraction of sp³-hybridized carbons (Fsp3) is 0.500. The fourth-order valence-electron chi connectivity index (χ4n) is 1.62. The quantitative estimate of drug-likeness (QED) is 0.736. The van der Waals surface area contributed by atoms with E-state index in [2.05, 4.69) is 9.88 Å². The smallest absolute Gasteiger partial charge is 0.0606 e. The Morgan fingerprint density at radius 3 is 2.86 bits per heavy atom. The molecule has 3 N–H and O–H groups in total. The van der Waals surface area contributed by atoms with E-state index in [1.807, 2.05) is 6.07 Å². The van der Waals surface area contributed by atoms with Crippen molar-refractivity contribution in [1.29, 1.82) is 0 Å². The van der Waals surface area contributed by atoms with Crippen LogP contribution in [0.15, 0.2) is 18.5 Å².